The Morgan fingerprint density at radius 3 is 2.79 bits per heavy atom. The van der Waals surface area contributed by atoms with Crippen LogP contribution in [0.25, 0.3) is 0 Å². The average molecular weight is 287 g/mol. The van der Waals surface area contributed by atoms with Gasteiger partial charge in [0, 0.05) is 11.6 Å². The van der Waals surface area contributed by atoms with Crippen molar-refractivity contribution in [1.29, 1.82) is 0 Å². The standard InChI is InChI=1S/C13H19ClN2O3/c1-9(2)8-18-5-6-19-12-7-10(14)3-4-11(12)13(15)16-17/h3-4,7,9,17H,5-6,8H2,1-2H3,(H2,15,16). The number of hydrogen-bond acceptors (Lipinski definition) is 4. The number of ether oxygens (including phenoxy) is 2. The molecule has 1 aromatic rings. The van der Waals surface area contributed by atoms with E-state index in [0.717, 1.165) is 0 Å². The molecule has 1 rings (SSSR count). The fraction of sp³-hybridized carbons (Fsp3) is 0.462. The van der Waals surface area contributed by atoms with Crippen LogP contribution < -0.4 is 10.5 Å². The van der Waals surface area contributed by atoms with Gasteiger partial charge in [-0.05, 0) is 24.1 Å². The second kappa shape index (κ2) is 7.86. The minimum absolute atomic E-state index is 0.0187. The van der Waals surface area contributed by atoms with Crippen LogP contribution in [0.3, 0.4) is 0 Å². The zero-order valence-corrected chi connectivity index (χ0v) is 11.9. The fourth-order valence-corrected chi connectivity index (χ4v) is 1.57. The summed E-state index contributed by atoms with van der Waals surface area (Å²) in [7, 11) is 0. The normalized spacial score (nSPS) is 11.9. The van der Waals surface area contributed by atoms with E-state index in [9.17, 15) is 0 Å². The summed E-state index contributed by atoms with van der Waals surface area (Å²) in [5.41, 5.74) is 6.06. The Bertz CT molecular complexity index is 436. The molecule has 0 bridgehead atoms. The zero-order valence-electron chi connectivity index (χ0n) is 11.1. The van der Waals surface area contributed by atoms with Crippen molar-refractivity contribution in [2.45, 2.75) is 13.8 Å². The number of nitrogens with two attached hydrogens (primary N) is 1. The first-order chi connectivity index (χ1) is 9.04. The lowest BCUT2D eigenvalue weighted by atomic mass is 10.2. The topological polar surface area (TPSA) is 77.1 Å². The van der Waals surface area contributed by atoms with Gasteiger partial charge >= 0.3 is 0 Å². The molecule has 0 amide bonds. The molecule has 0 saturated heterocycles. The Morgan fingerprint density at radius 1 is 1.42 bits per heavy atom. The minimum atomic E-state index is -0.0187. The van der Waals surface area contributed by atoms with Crippen molar-refractivity contribution in [2.75, 3.05) is 19.8 Å². The van der Waals surface area contributed by atoms with Gasteiger partial charge in [0.1, 0.15) is 12.4 Å². The first kappa shape index (κ1) is 15.6. The molecule has 0 radical (unpaired) electrons. The van der Waals surface area contributed by atoms with E-state index in [2.05, 4.69) is 19.0 Å². The Kier molecular flexibility index (Phi) is 6.45. The summed E-state index contributed by atoms with van der Waals surface area (Å²) in [6, 6.07) is 4.91. The van der Waals surface area contributed by atoms with Gasteiger partial charge in [0.15, 0.2) is 5.84 Å². The van der Waals surface area contributed by atoms with Crippen LogP contribution >= 0.6 is 11.6 Å². The molecule has 0 spiro atoms. The third kappa shape index (κ3) is 5.36. The van der Waals surface area contributed by atoms with E-state index in [4.69, 9.17) is 32.0 Å². The van der Waals surface area contributed by atoms with Gasteiger partial charge < -0.3 is 20.4 Å². The van der Waals surface area contributed by atoms with Crippen molar-refractivity contribution < 1.29 is 14.7 Å². The van der Waals surface area contributed by atoms with Crippen LogP contribution in [0, 0.1) is 5.92 Å². The number of hydrogen-bond donors (Lipinski definition) is 2. The number of oxime groups is 1. The van der Waals surface area contributed by atoms with Crippen molar-refractivity contribution in [3.05, 3.63) is 28.8 Å². The highest BCUT2D eigenvalue weighted by Gasteiger charge is 2.09. The van der Waals surface area contributed by atoms with Gasteiger partial charge in [-0.3, -0.25) is 0 Å². The van der Waals surface area contributed by atoms with E-state index in [-0.39, 0.29) is 5.84 Å². The highest BCUT2D eigenvalue weighted by atomic mass is 35.5. The van der Waals surface area contributed by atoms with Crippen LogP contribution in [0.4, 0.5) is 0 Å². The predicted octanol–water partition coefficient (Wildman–Crippen LogP) is 2.49. The highest BCUT2D eigenvalue weighted by molar-refractivity contribution is 6.30. The third-order valence-corrected chi connectivity index (χ3v) is 2.50. The molecule has 3 N–H and O–H groups in total. The maximum atomic E-state index is 8.70. The predicted molar refractivity (Wildman–Crippen MR) is 75.1 cm³/mol. The van der Waals surface area contributed by atoms with E-state index in [0.29, 0.717) is 42.1 Å². The second-order valence-corrected chi connectivity index (χ2v) is 4.88. The molecule has 19 heavy (non-hydrogen) atoms. The molecular weight excluding hydrogens is 268 g/mol. The quantitative estimate of drug-likeness (QED) is 0.265. The fourth-order valence-electron chi connectivity index (χ4n) is 1.41. The van der Waals surface area contributed by atoms with Gasteiger partial charge in [-0.25, -0.2) is 0 Å². The molecule has 0 aliphatic carbocycles. The summed E-state index contributed by atoms with van der Waals surface area (Å²) >= 11 is 5.89. The van der Waals surface area contributed by atoms with Crippen molar-refractivity contribution >= 4 is 17.4 Å². The Balaban J connectivity index is 2.59. The van der Waals surface area contributed by atoms with Crippen LogP contribution in [0.5, 0.6) is 5.75 Å². The van der Waals surface area contributed by atoms with Gasteiger partial charge in [-0.15, -0.1) is 0 Å². The molecule has 0 unspecified atom stereocenters. The molecule has 0 aromatic heterocycles. The lowest BCUT2D eigenvalue weighted by Gasteiger charge is -2.12. The number of nitrogens with zero attached hydrogens (tertiary/aromatic N) is 1. The molecule has 0 aliphatic rings. The molecule has 0 atom stereocenters. The molecule has 0 fully saturated rings. The SMILES string of the molecule is CC(C)COCCOc1cc(Cl)ccc1/C(N)=N/O. The summed E-state index contributed by atoms with van der Waals surface area (Å²) in [6.07, 6.45) is 0. The molecular formula is C13H19ClN2O3. The number of amidine groups is 1. The van der Waals surface area contributed by atoms with Crippen molar-refractivity contribution in [3.8, 4) is 5.75 Å². The van der Waals surface area contributed by atoms with Crippen molar-refractivity contribution in [1.82, 2.24) is 0 Å². The van der Waals surface area contributed by atoms with Crippen LogP contribution in [0.2, 0.25) is 5.02 Å². The molecule has 6 heteroatoms. The second-order valence-electron chi connectivity index (χ2n) is 4.44. The molecule has 0 aliphatic heterocycles. The van der Waals surface area contributed by atoms with E-state index in [1.807, 2.05) is 0 Å². The van der Waals surface area contributed by atoms with Gasteiger partial charge in [-0.1, -0.05) is 30.6 Å². The molecule has 5 nitrogen and oxygen atoms in total. The molecule has 0 saturated carbocycles. The largest absolute Gasteiger partial charge is 0.490 e. The minimum Gasteiger partial charge on any atom is -0.490 e. The highest BCUT2D eigenvalue weighted by Crippen LogP contribution is 2.23. The van der Waals surface area contributed by atoms with Crippen LogP contribution in [-0.4, -0.2) is 30.9 Å². The van der Waals surface area contributed by atoms with E-state index < -0.39 is 0 Å². The molecule has 106 valence electrons. The Labute approximate surface area is 117 Å². The van der Waals surface area contributed by atoms with Crippen LogP contribution in [-0.2, 0) is 4.74 Å². The summed E-state index contributed by atoms with van der Waals surface area (Å²) in [5.74, 6) is 0.935. The van der Waals surface area contributed by atoms with Gasteiger partial charge in [0.2, 0.25) is 0 Å². The van der Waals surface area contributed by atoms with E-state index in [1.54, 1.807) is 18.2 Å². The van der Waals surface area contributed by atoms with Crippen LogP contribution in [0.1, 0.15) is 19.4 Å². The number of rotatable bonds is 7. The summed E-state index contributed by atoms with van der Waals surface area (Å²) in [4.78, 5) is 0. The van der Waals surface area contributed by atoms with Gasteiger partial charge in [0.25, 0.3) is 0 Å². The van der Waals surface area contributed by atoms with Gasteiger partial charge in [-0.2, -0.15) is 0 Å². The summed E-state index contributed by atoms with van der Waals surface area (Å²) in [6.45, 7) is 5.69. The lowest BCUT2D eigenvalue weighted by Crippen LogP contribution is -2.16. The Hall–Kier alpha value is -1.46. The van der Waals surface area contributed by atoms with Crippen molar-refractivity contribution in [3.63, 3.8) is 0 Å². The monoisotopic (exact) mass is 286 g/mol. The lowest BCUT2D eigenvalue weighted by molar-refractivity contribution is 0.0818. The first-order valence-electron chi connectivity index (χ1n) is 6.02. The maximum absolute atomic E-state index is 8.70. The Morgan fingerprint density at radius 2 is 2.16 bits per heavy atom. The van der Waals surface area contributed by atoms with Crippen LogP contribution in [0.15, 0.2) is 23.4 Å². The zero-order chi connectivity index (χ0) is 14.3. The number of benzene rings is 1. The van der Waals surface area contributed by atoms with Crippen molar-refractivity contribution in [2.24, 2.45) is 16.8 Å². The van der Waals surface area contributed by atoms with Gasteiger partial charge in [0.05, 0.1) is 12.2 Å². The molecule has 1 aromatic carbocycles. The summed E-state index contributed by atoms with van der Waals surface area (Å²) < 4.78 is 10.9. The summed E-state index contributed by atoms with van der Waals surface area (Å²) in [5, 5.41) is 12.2. The maximum Gasteiger partial charge on any atom is 0.173 e. The smallest absolute Gasteiger partial charge is 0.173 e. The average Bonchev–Trinajstić information content (AvgIpc) is 2.37. The van der Waals surface area contributed by atoms with E-state index in [1.165, 1.54) is 0 Å². The third-order valence-electron chi connectivity index (χ3n) is 2.26. The van der Waals surface area contributed by atoms with E-state index >= 15 is 0 Å². The number of halogens is 1. The first-order valence-corrected chi connectivity index (χ1v) is 6.40. The molecule has 0 heterocycles.